The van der Waals surface area contributed by atoms with Gasteiger partial charge in [-0.25, -0.2) is 0 Å². The predicted octanol–water partition coefficient (Wildman–Crippen LogP) is 7.48. The van der Waals surface area contributed by atoms with Crippen LogP contribution in [-0.4, -0.2) is 18.1 Å². The van der Waals surface area contributed by atoms with Crippen molar-refractivity contribution in [1.82, 2.24) is 4.98 Å². The molecule has 2 heterocycles. The van der Waals surface area contributed by atoms with Crippen LogP contribution in [0.3, 0.4) is 0 Å². The number of aromatic nitrogens is 1. The third-order valence-corrected chi connectivity index (χ3v) is 7.08. The lowest BCUT2D eigenvalue weighted by Crippen LogP contribution is -2.33. The van der Waals surface area contributed by atoms with Crippen molar-refractivity contribution < 1.29 is 18.3 Å². The summed E-state index contributed by atoms with van der Waals surface area (Å²) in [6, 6.07) is 11.5. The van der Waals surface area contributed by atoms with Crippen LogP contribution in [0, 0.1) is 5.92 Å². The number of benzene rings is 2. The second kappa shape index (κ2) is 9.47. The Morgan fingerprint density at radius 2 is 1.74 bits per heavy atom. The third kappa shape index (κ3) is 5.50. The summed E-state index contributed by atoms with van der Waals surface area (Å²) in [4.78, 5) is 6.44. The first-order valence-electron chi connectivity index (χ1n) is 10.9. The van der Waals surface area contributed by atoms with Crippen LogP contribution in [0.4, 0.5) is 18.9 Å². The first-order valence-corrected chi connectivity index (χ1v) is 11.7. The minimum atomic E-state index is -4.26. The lowest BCUT2D eigenvalue weighted by molar-refractivity contribution is -0.137. The molecule has 1 radical (unpaired) electrons. The van der Waals surface area contributed by atoms with Crippen LogP contribution in [0.25, 0.3) is 10.2 Å². The fraction of sp³-hybridized carbons (Fsp3) is 0.458. The Balaban J connectivity index is 1.17. The molecule has 2 aromatic carbocycles. The second-order valence-electron chi connectivity index (χ2n) is 8.33. The number of hydrogen-bond acceptors (Lipinski definition) is 3. The summed E-state index contributed by atoms with van der Waals surface area (Å²) >= 11 is 1.23. The number of alkyl halides is 3. The van der Waals surface area contributed by atoms with E-state index in [1.165, 1.54) is 29.9 Å². The van der Waals surface area contributed by atoms with E-state index in [0.29, 0.717) is 0 Å². The van der Waals surface area contributed by atoms with Crippen LogP contribution in [-0.2, 0) is 17.7 Å². The quantitative estimate of drug-likeness (QED) is 0.352. The largest absolute Gasteiger partial charge is 0.416 e. The molecule has 0 amide bonds. The van der Waals surface area contributed by atoms with Crippen molar-refractivity contribution in [3.05, 3.63) is 53.6 Å². The zero-order valence-corrected chi connectivity index (χ0v) is 18.1. The number of fused-ring (bicyclic) bond motifs is 1. The Morgan fingerprint density at radius 1 is 1.00 bits per heavy atom. The number of nitrogens with zero attached hydrogens (tertiary/aromatic N) is 2. The molecule has 1 saturated heterocycles. The van der Waals surface area contributed by atoms with Crippen molar-refractivity contribution in [3.63, 3.8) is 0 Å². The summed E-state index contributed by atoms with van der Waals surface area (Å²) in [5, 5.41) is 11.5. The highest BCUT2D eigenvalue weighted by Crippen LogP contribution is 2.37. The van der Waals surface area contributed by atoms with Crippen LogP contribution in [0.1, 0.15) is 49.7 Å². The maximum absolute atomic E-state index is 12.6. The molecule has 1 fully saturated rings. The summed E-state index contributed by atoms with van der Waals surface area (Å²) in [5.41, 5.74) is 2.32. The topological polar surface area (TPSA) is 36.0 Å². The molecule has 0 unspecified atom stereocenters. The average molecular weight is 448 g/mol. The van der Waals surface area contributed by atoms with E-state index in [0.717, 1.165) is 79.0 Å². The molecule has 0 bridgehead atoms. The standard InChI is InChI=1S/C24H26F3N2OS/c25-24(26,27)19-11-9-17(10-12-19)5-2-1-3-6-18-13-15-29(16-14-18)21-8-4-7-20-22(21)31-23(30)28-20/h4,7-12,18H,1-3,5-6,13-16H2. The Bertz CT molecular complexity index is 992. The fourth-order valence-corrected chi connectivity index (χ4v) is 5.26. The highest BCUT2D eigenvalue weighted by molar-refractivity contribution is 7.20. The minimum absolute atomic E-state index is 0.131. The summed E-state index contributed by atoms with van der Waals surface area (Å²) in [5.74, 6) is 0.720. The van der Waals surface area contributed by atoms with Gasteiger partial charge in [-0.1, -0.05) is 48.8 Å². The Labute approximate surface area is 184 Å². The molecule has 7 heteroatoms. The molecule has 0 aliphatic carbocycles. The molecular weight excluding hydrogens is 421 g/mol. The van der Waals surface area contributed by atoms with Crippen molar-refractivity contribution in [3.8, 4) is 5.19 Å². The van der Waals surface area contributed by atoms with Crippen LogP contribution in [0.5, 0.6) is 5.19 Å². The molecule has 3 nitrogen and oxygen atoms in total. The van der Waals surface area contributed by atoms with E-state index < -0.39 is 11.7 Å². The van der Waals surface area contributed by atoms with Crippen molar-refractivity contribution in [2.45, 2.75) is 51.1 Å². The van der Waals surface area contributed by atoms with Crippen LogP contribution in [0.2, 0.25) is 0 Å². The number of halogens is 3. The van der Waals surface area contributed by atoms with Crippen molar-refractivity contribution in [1.29, 1.82) is 0 Å². The van der Waals surface area contributed by atoms with E-state index in [9.17, 15) is 18.3 Å². The molecule has 165 valence electrons. The lowest BCUT2D eigenvalue weighted by Gasteiger charge is -2.34. The van der Waals surface area contributed by atoms with E-state index in [2.05, 4.69) is 16.0 Å². The zero-order chi connectivity index (χ0) is 21.8. The van der Waals surface area contributed by atoms with Gasteiger partial charge >= 0.3 is 11.4 Å². The minimum Gasteiger partial charge on any atom is -0.370 e. The Kier molecular flexibility index (Phi) is 6.70. The fourth-order valence-electron chi connectivity index (χ4n) is 4.42. The van der Waals surface area contributed by atoms with Gasteiger partial charge < -0.3 is 4.90 Å². The van der Waals surface area contributed by atoms with Gasteiger partial charge in [0.2, 0.25) is 0 Å². The molecule has 1 aromatic heterocycles. The monoisotopic (exact) mass is 447 g/mol. The highest BCUT2D eigenvalue weighted by atomic mass is 32.1. The number of aryl methyl sites for hydroxylation is 1. The third-order valence-electron chi connectivity index (χ3n) is 6.19. The lowest BCUT2D eigenvalue weighted by atomic mass is 9.90. The Morgan fingerprint density at radius 3 is 2.45 bits per heavy atom. The summed E-state index contributed by atoms with van der Waals surface area (Å²) in [6.07, 6.45) is 3.35. The number of thiazole rings is 1. The van der Waals surface area contributed by atoms with Gasteiger partial charge in [0, 0.05) is 13.1 Å². The number of unbranched alkanes of at least 4 members (excludes halogenated alkanes) is 2. The SMILES string of the molecule is [O]c1nc2cccc(N3CCC(CCCCCc4ccc(C(F)(F)F)cc4)CC3)c2s1. The van der Waals surface area contributed by atoms with Crippen molar-refractivity contribution in [2.24, 2.45) is 5.92 Å². The molecule has 1 aliphatic rings. The van der Waals surface area contributed by atoms with Gasteiger partial charge in [-0.3, -0.25) is 5.11 Å². The maximum Gasteiger partial charge on any atom is 0.416 e. The van der Waals surface area contributed by atoms with Gasteiger partial charge in [0.15, 0.2) is 0 Å². The van der Waals surface area contributed by atoms with E-state index in [1.807, 2.05) is 12.1 Å². The molecule has 31 heavy (non-hydrogen) atoms. The predicted molar refractivity (Wildman–Crippen MR) is 118 cm³/mol. The van der Waals surface area contributed by atoms with Gasteiger partial charge in [0.05, 0.1) is 21.5 Å². The zero-order valence-electron chi connectivity index (χ0n) is 17.3. The number of hydrogen-bond donors (Lipinski definition) is 0. The maximum atomic E-state index is 12.6. The highest BCUT2D eigenvalue weighted by Gasteiger charge is 2.29. The van der Waals surface area contributed by atoms with E-state index in [1.54, 1.807) is 12.1 Å². The molecule has 0 spiro atoms. The van der Waals surface area contributed by atoms with E-state index in [-0.39, 0.29) is 5.19 Å². The van der Waals surface area contributed by atoms with Crippen LogP contribution < -0.4 is 4.90 Å². The average Bonchev–Trinajstić information content (AvgIpc) is 3.14. The summed E-state index contributed by atoms with van der Waals surface area (Å²) in [7, 11) is 0. The van der Waals surface area contributed by atoms with Crippen molar-refractivity contribution in [2.75, 3.05) is 18.0 Å². The molecule has 0 saturated carbocycles. The number of piperidine rings is 1. The Hall–Kier alpha value is -2.28. The molecule has 1 aliphatic heterocycles. The van der Waals surface area contributed by atoms with Crippen LogP contribution in [0.15, 0.2) is 42.5 Å². The van der Waals surface area contributed by atoms with Crippen LogP contribution >= 0.6 is 11.3 Å². The first kappa shape index (κ1) is 21.9. The van der Waals surface area contributed by atoms with Crippen molar-refractivity contribution >= 4 is 27.2 Å². The molecule has 4 rings (SSSR count). The molecule has 0 N–H and O–H groups in total. The normalized spacial score (nSPS) is 15.6. The molecule has 3 aromatic rings. The number of rotatable bonds is 7. The van der Waals surface area contributed by atoms with Gasteiger partial charge in [-0.2, -0.15) is 18.2 Å². The first-order chi connectivity index (χ1) is 14.9. The van der Waals surface area contributed by atoms with Gasteiger partial charge in [0.25, 0.3) is 0 Å². The second-order valence-corrected chi connectivity index (χ2v) is 9.29. The van der Waals surface area contributed by atoms with E-state index in [4.69, 9.17) is 0 Å². The molecule has 0 atom stereocenters. The molecular formula is C24H26F3N2OS. The number of anilines is 1. The van der Waals surface area contributed by atoms with Gasteiger partial charge in [-0.05, 0) is 61.4 Å². The van der Waals surface area contributed by atoms with Gasteiger partial charge in [-0.15, -0.1) is 0 Å². The van der Waals surface area contributed by atoms with Gasteiger partial charge in [0.1, 0.15) is 0 Å². The summed E-state index contributed by atoms with van der Waals surface area (Å²) < 4.78 is 38.9. The summed E-state index contributed by atoms with van der Waals surface area (Å²) in [6.45, 7) is 2.00. The van der Waals surface area contributed by atoms with E-state index >= 15 is 0 Å². The smallest absolute Gasteiger partial charge is 0.370 e.